The van der Waals surface area contributed by atoms with E-state index in [0.29, 0.717) is 6.42 Å². The van der Waals surface area contributed by atoms with Gasteiger partial charge in [0.15, 0.2) is 5.78 Å². The topological polar surface area (TPSA) is 17.1 Å². The summed E-state index contributed by atoms with van der Waals surface area (Å²) in [5.41, 5.74) is 3.20. The number of thiophene rings is 1. The molecular weight excluding hydrogens is 296 g/mol. The minimum atomic E-state index is 0.183. The summed E-state index contributed by atoms with van der Waals surface area (Å²) in [6.07, 6.45) is 0.485. The number of ketones is 1. The Morgan fingerprint density at radius 3 is 2.59 bits per heavy atom. The van der Waals surface area contributed by atoms with Crippen molar-refractivity contribution in [2.45, 2.75) is 20.3 Å². The second-order valence-electron chi connectivity index (χ2n) is 4.13. The summed E-state index contributed by atoms with van der Waals surface area (Å²) in [6, 6.07) is 7.89. The van der Waals surface area contributed by atoms with Crippen LogP contribution in [-0.2, 0) is 6.42 Å². The molecule has 1 nitrogen and oxygen atoms in total. The molecule has 0 fully saturated rings. The summed E-state index contributed by atoms with van der Waals surface area (Å²) in [5, 5.41) is 2.00. The monoisotopic (exact) mass is 308 g/mol. The number of halogens is 1. The molecule has 0 N–H and O–H groups in total. The lowest BCUT2D eigenvalue weighted by molar-refractivity contribution is 0.0993. The zero-order chi connectivity index (χ0) is 12.4. The van der Waals surface area contributed by atoms with Crippen LogP contribution in [0.1, 0.15) is 26.4 Å². The highest BCUT2D eigenvalue weighted by molar-refractivity contribution is 9.10. The average molecular weight is 309 g/mol. The summed E-state index contributed by atoms with van der Waals surface area (Å²) in [4.78, 5) is 13.2. The highest BCUT2D eigenvalue weighted by Crippen LogP contribution is 2.21. The van der Waals surface area contributed by atoms with Gasteiger partial charge in [0, 0.05) is 26.7 Å². The largest absolute Gasteiger partial charge is 0.294 e. The molecule has 17 heavy (non-hydrogen) atoms. The highest BCUT2D eigenvalue weighted by Gasteiger charge is 2.09. The van der Waals surface area contributed by atoms with Crippen molar-refractivity contribution in [3.8, 4) is 0 Å². The highest BCUT2D eigenvalue weighted by atomic mass is 79.9. The van der Waals surface area contributed by atoms with Gasteiger partial charge in [-0.1, -0.05) is 12.1 Å². The fourth-order valence-corrected chi connectivity index (χ4v) is 3.07. The molecule has 3 heteroatoms. The number of carbonyl (C=O) groups is 1. The molecule has 0 unspecified atom stereocenters. The molecule has 0 atom stereocenters. The summed E-state index contributed by atoms with van der Waals surface area (Å²) < 4.78 is 1.05. The van der Waals surface area contributed by atoms with Gasteiger partial charge in [0.2, 0.25) is 0 Å². The van der Waals surface area contributed by atoms with E-state index >= 15 is 0 Å². The first-order valence-electron chi connectivity index (χ1n) is 5.39. The van der Waals surface area contributed by atoms with Crippen molar-refractivity contribution in [3.63, 3.8) is 0 Å². The molecule has 0 aliphatic rings. The van der Waals surface area contributed by atoms with E-state index in [4.69, 9.17) is 0 Å². The third kappa shape index (κ3) is 3.05. The van der Waals surface area contributed by atoms with Gasteiger partial charge in [-0.2, -0.15) is 0 Å². The summed E-state index contributed by atoms with van der Waals surface area (Å²) in [7, 11) is 0. The van der Waals surface area contributed by atoms with Gasteiger partial charge in [0.1, 0.15) is 0 Å². The zero-order valence-electron chi connectivity index (χ0n) is 9.79. The first kappa shape index (κ1) is 12.5. The van der Waals surface area contributed by atoms with Crippen LogP contribution >= 0.6 is 27.3 Å². The maximum absolute atomic E-state index is 12.1. The van der Waals surface area contributed by atoms with E-state index in [9.17, 15) is 4.79 Å². The van der Waals surface area contributed by atoms with Crippen molar-refractivity contribution in [2.24, 2.45) is 0 Å². The molecule has 0 saturated carbocycles. The SMILES string of the molecule is Cc1ccc(C(=O)Cc2cc(Br)cs2)cc1C. The Morgan fingerprint density at radius 2 is 2.00 bits per heavy atom. The van der Waals surface area contributed by atoms with Gasteiger partial charge in [-0.25, -0.2) is 0 Å². The van der Waals surface area contributed by atoms with Gasteiger partial charge in [-0.05, 0) is 53.0 Å². The van der Waals surface area contributed by atoms with Gasteiger partial charge in [-0.3, -0.25) is 4.79 Å². The van der Waals surface area contributed by atoms with Crippen molar-refractivity contribution in [2.75, 3.05) is 0 Å². The van der Waals surface area contributed by atoms with Crippen molar-refractivity contribution in [1.29, 1.82) is 0 Å². The van der Waals surface area contributed by atoms with E-state index in [2.05, 4.69) is 22.9 Å². The Morgan fingerprint density at radius 1 is 1.24 bits per heavy atom. The quantitative estimate of drug-likeness (QED) is 0.760. The molecule has 1 aromatic heterocycles. The molecule has 0 radical (unpaired) electrons. The molecule has 1 aromatic carbocycles. The zero-order valence-corrected chi connectivity index (χ0v) is 12.2. The summed E-state index contributed by atoms with van der Waals surface area (Å²) in [6.45, 7) is 4.09. The van der Waals surface area contributed by atoms with Gasteiger partial charge >= 0.3 is 0 Å². The van der Waals surface area contributed by atoms with Crippen molar-refractivity contribution < 1.29 is 4.79 Å². The average Bonchev–Trinajstić information content (AvgIpc) is 2.68. The molecular formula is C14H13BrOS. The molecule has 0 aliphatic heterocycles. The number of benzene rings is 1. The van der Waals surface area contributed by atoms with Crippen LogP contribution in [0.15, 0.2) is 34.1 Å². The standard InChI is InChI=1S/C14H13BrOS/c1-9-3-4-11(5-10(9)2)14(16)7-13-6-12(15)8-17-13/h3-6,8H,7H2,1-2H3. The minimum absolute atomic E-state index is 0.183. The molecule has 0 bridgehead atoms. The Kier molecular flexibility index (Phi) is 3.79. The predicted molar refractivity (Wildman–Crippen MR) is 76.0 cm³/mol. The fourth-order valence-electron chi connectivity index (χ4n) is 1.62. The maximum Gasteiger partial charge on any atom is 0.168 e. The van der Waals surface area contributed by atoms with E-state index in [-0.39, 0.29) is 5.78 Å². The molecule has 0 spiro atoms. The predicted octanol–water partition coefficient (Wildman–Crippen LogP) is 4.55. The van der Waals surface area contributed by atoms with E-state index < -0.39 is 0 Å². The van der Waals surface area contributed by atoms with E-state index in [1.807, 2.05) is 36.6 Å². The molecule has 2 rings (SSSR count). The Bertz CT molecular complexity index is 557. The second-order valence-corrected chi connectivity index (χ2v) is 6.04. The number of hydrogen-bond acceptors (Lipinski definition) is 2. The van der Waals surface area contributed by atoms with Gasteiger partial charge in [0.05, 0.1) is 0 Å². The van der Waals surface area contributed by atoms with E-state index in [1.165, 1.54) is 11.1 Å². The summed E-state index contributed by atoms with van der Waals surface area (Å²) >= 11 is 5.01. The number of carbonyl (C=O) groups excluding carboxylic acids is 1. The minimum Gasteiger partial charge on any atom is -0.294 e. The first-order chi connectivity index (χ1) is 8.06. The lowest BCUT2D eigenvalue weighted by Crippen LogP contribution is -2.02. The number of hydrogen-bond donors (Lipinski definition) is 0. The summed E-state index contributed by atoms with van der Waals surface area (Å²) in [5.74, 6) is 0.183. The van der Waals surface area contributed by atoms with Crippen LogP contribution in [0.3, 0.4) is 0 Å². The van der Waals surface area contributed by atoms with Crippen LogP contribution in [0.25, 0.3) is 0 Å². The lowest BCUT2D eigenvalue weighted by Gasteiger charge is -2.03. The Balaban J connectivity index is 2.17. The van der Waals surface area contributed by atoms with Gasteiger partial charge in [0.25, 0.3) is 0 Å². The molecule has 0 aliphatic carbocycles. The molecule has 1 heterocycles. The van der Waals surface area contributed by atoms with Crippen LogP contribution in [0.2, 0.25) is 0 Å². The Hall–Kier alpha value is -0.930. The van der Waals surface area contributed by atoms with E-state index in [1.54, 1.807) is 11.3 Å². The smallest absolute Gasteiger partial charge is 0.168 e. The van der Waals surface area contributed by atoms with Gasteiger partial charge in [-0.15, -0.1) is 11.3 Å². The lowest BCUT2D eigenvalue weighted by atomic mass is 10.0. The Labute approximate surface area is 114 Å². The third-order valence-corrected chi connectivity index (χ3v) is 4.48. The van der Waals surface area contributed by atoms with Crippen LogP contribution in [0.4, 0.5) is 0 Å². The van der Waals surface area contributed by atoms with Crippen molar-refractivity contribution in [3.05, 3.63) is 55.7 Å². The second kappa shape index (κ2) is 5.15. The van der Waals surface area contributed by atoms with Crippen LogP contribution in [0, 0.1) is 13.8 Å². The van der Waals surface area contributed by atoms with Crippen LogP contribution in [0.5, 0.6) is 0 Å². The molecule has 0 amide bonds. The normalized spacial score (nSPS) is 10.5. The number of Topliss-reactive ketones (excluding diaryl/α,β-unsaturated/α-hetero) is 1. The fraction of sp³-hybridized carbons (Fsp3) is 0.214. The van der Waals surface area contributed by atoms with Crippen LogP contribution < -0.4 is 0 Å². The first-order valence-corrected chi connectivity index (χ1v) is 7.07. The maximum atomic E-state index is 12.1. The van der Waals surface area contributed by atoms with E-state index in [0.717, 1.165) is 14.9 Å². The van der Waals surface area contributed by atoms with Gasteiger partial charge < -0.3 is 0 Å². The van der Waals surface area contributed by atoms with Crippen molar-refractivity contribution in [1.82, 2.24) is 0 Å². The molecule has 2 aromatic rings. The molecule has 88 valence electrons. The number of rotatable bonds is 3. The van der Waals surface area contributed by atoms with Crippen molar-refractivity contribution >= 4 is 33.0 Å². The number of aryl methyl sites for hydroxylation is 2. The molecule has 0 saturated heterocycles. The van der Waals surface area contributed by atoms with Crippen LogP contribution in [-0.4, -0.2) is 5.78 Å². The third-order valence-electron chi connectivity index (χ3n) is 2.79.